The standard InChI is InChI=1S/C23H27N3O5/c1-14-15(2)26-11-10-17-19(22(26)24-14)25-18(16-8-6-5-7-9-16)21(31-23(27)29-4)20(17)30-13-12-28-3/h5-11,18,20-21,25H,12-13H2,1-4H3/t18-,20-,21-/m1/s1. The molecule has 3 heterocycles. The number of methoxy groups -OCH3 is 2. The van der Waals surface area contributed by atoms with Gasteiger partial charge in [0.05, 0.1) is 37.7 Å². The molecule has 0 aliphatic carbocycles. The van der Waals surface area contributed by atoms with Gasteiger partial charge in [0.25, 0.3) is 0 Å². The normalized spacial score (nSPS) is 20.2. The summed E-state index contributed by atoms with van der Waals surface area (Å²) in [5.74, 6) is 0. The Bertz CT molecular complexity index is 1070. The Hall–Kier alpha value is -3.10. The minimum Gasteiger partial charge on any atom is -0.438 e. The third-order valence-electron chi connectivity index (χ3n) is 5.68. The van der Waals surface area contributed by atoms with Crippen LogP contribution in [0.5, 0.6) is 0 Å². The molecule has 31 heavy (non-hydrogen) atoms. The fourth-order valence-electron chi connectivity index (χ4n) is 3.99. The fourth-order valence-corrected chi connectivity index (χ4v) is 3.99. The number of carbonyl (C=O) groups is 1. The van der Waals surface area contributed by atoms with E-state index in [-0.39, 0.29) is 6.04 Å². The van der Waals surface area contributed by atoms with E-state index in [1.165, 1.54) is 7.11 Å². The van der Waals surface area contributed by atoms with Crippen LogP contribution in [0.15, 0.2) is 42.6 Å². The largest absolute Gasteiger partial charge is 0.508 e. The summed E-state index contributed by atoms with van der Waals surface area (Å²) in [6.07, 6.45) is 0.0255. The van der Waals surface area contributed by atoms with Crippen molar-refractivity contribution < 1.29 is 23.7 Å². The lowest BCUT2D eigenvalue weighted by Gasteiger charge is -2.39. The lowest BCUT2D eigenvalue weighted by atomic mass is 9.88. The minimum absolute atomic E-state index is 0.348. The maximum atomic E-state index is 12.1. The Morgan fingerprint density at radius 1 is 1.13 bits per heavy atom. The summed E-state index contributed by atoms with van der Waals surface area (Å²) in [5, 5.41) is 3.57. The van der Waals surface area contributed by atoms with Crippen molar-refractivity contribution in [3.8, 4) is 0 Å². The number of hydrogen-bond acceptors (Lipinski definition) is 7. The quantitative estimate of drug-likeness (QED) is 0.472. The lowest BCUT2D eigenvalue weighted by Crippen LogP contribution is -2.41. The highest BCUT2D eigenvalue weighted by atomic mass is 16.7. The van der Waals surface area contributed by atoms with Crippen molar-refractivity contribution >= 4 is 17.5 Å². The molecule has 0 saturated carbocycles. The number of aryl methyl sites for hydroxylation is 2. The van der Waals surface area contributed by atoms with Gasteiger partial charge in [0.1, 0.15) is 6.10 Å². The molecule has 0 amide bonds. The molecule has 164 valence electrons. The third kappa shape index (κ3) is 3.96. The van der Waals surface area contributed by atoms with Crippen molar-refractivity contribution in [2.45, 2.75) is 32.1 Å². The van der Waals surface area contributed by atoms with Crippen LogP contribution in [-0.2, 0) is 18.9 Å². The van der Waals surface area contributed by atoms with Crippen LogP contribution in [-0.4, -0.2) is 49.1 Å². The molecule has 0 spiro atoms. The van der Waals surface area contributed by atoms with Gasteiger partial charge in [0.2, 0.25) is 0 Å². The van der Waals surface area contributed by atoms with E-state index in [4.69, 9.17) is 23.9 Å². The molecule has 2 aromatic heterocycles. The van der Waals surface area contributed by atoms with Gasteiger partial charge in [-0.05, 0) is 25.5 Å². The van der Waals surface area contributed by atoms with E-state index in [1.54, 1.807) is 7.11 Å². The first-order chi connectivity index (χ1) is 15.0. The smallest absolute Gasteiger partial charge is 0.438 e. The molecular formula is C23H27N3O5. The molecule has 1 aliphatic heterocycles. The minimum atomic E-state index is -0.759. The second-order valence-corrected chi connectivity index (χ2v) is 7.48. The molecule has 0 radical (unpaired) electrons. The van der Waals surface area contributed by atoms with Gasteiger partial charge in [-0.15, -0.1) is 0 Å². The second-order valence-electron chi connectivity index (χ2n) is 7.48. The molecular weight excluding hydrogens is 398 g/mol. The van der Waals surface area contributed by atoms with Gasteiger partial charge in [-0.3, -0.25) is 0 Å². The molecule has 1 aromatic carbocycles. The number of imidazole rings is 1. The van der Waals surface area contributed by atoms with Crippen molar-refractivity contribution in [2.75, 3.05) is 32.8 Å². The molecule has 8 nitrogen and oxygen atoms in total. The van der Waals surface area contributed by atoms with Crippen molar-refractivity contribution in [1.82, 2.24) is 9.38 Å². The van der Waals surface area contributed by atoms with Crippen molar-refractivity contribution in [1.29, 1.82) is 0 Å². The van der Waals surface area contributed by atoms with Crippen LogP contribution in [0.1, 0.15) is 34.7 Å². The topological polar surface area (TPSA) is 83.3 Å². The van der Waals surface area contributed by atoms with Crippen molar-refractivity contribution in [2.24, 2.45) is 0 Å². The Kier molecular flexibility index (Phi) is 6.11. The van der Waals surface area contributed by atoms with Crippen LogP contribution < -0.4 is 5.32 Å². The van der Waals surface area contributed by atoms with Crippen molar-refractivity contribution in [3.63, 3.8) is 0 Å². The van der Waals surface area contributed by atoms with Crippen LogP contribution in [0.2, 0.25) is 0 Å². The van der Waals surface area contributed by atoms with E-state index in [0.717, 1.165) is 33.8 Å². The maximum absolute atomic E-state index is 12.1. The van der Waals surface area contributed by atoms with E-state index < -0.39 is 18.4 Å². The average Bonchev–Trinajstić information content (AvgIpc) is 3.09. The summed E-state index contributed by atoms with van der Waals surface area (Å²) in [6.45, 7) is 4.79. The van der Waals surface area contributed by atoms with Gasteiger partial charge in [0.15, 0.2) is 11.8 Å². The van der Waals surface area contributed by atoms with Crippen LogP contribution >= 0.6 is 0 Å². The fraction of sp³-hybridized carbons (Fsp3) is 0.391. The third-order valence-corrected chi connectivity index (χ3v) is 5.68. The van der Waals surface area contributed by atoms with Crippen LogP contribution in [0.25, 0.3) is 5.65 Å². The predicted molar refractivity (Wildman–Crippen MR) is 115 cm³/mol. The van der Waals surface area contributed by atoms with Gasteiger partial charge in [-0.1, -0.05) is 30.3 Å². The molecule has 1 aliphatic rings. The van der Waals surface area contributed by atoms with Gasteiger partial charge < -0.3 is 28.7 Å². The first-order valence-corrected chi connectivity index (χ1v) is 10.2. The summed E-state index contributed by atoms with van der Waals surface area (Å²) < 4.78 is 24.0. The van der Waals surface area contributed by atoms with Gasteiger partial charge in [-0.25, -0.2) is 9.78 Å². The number of fused-ring (bicyclic) bond motifs is 3. The number of ether oxygens (including phenoxy) is 4. The number of aromatic nitrogens is 2. The number of nitrogens with zero attached hydrogens (tertiary/aromatic N) is 2. The number of anilines is 1. The van der Waals surface area contributed by atoms with Gasteiger partial charge in [-0.2, -0.15) is 0 Å². The Morgan fingerprint density at radius 3 is 2.61 bits per heavy atom. The Labute approximate surface area is 181 Å². The Balaban J connectivity index is 1.86. The zero-order valence-corrected chi connectivity index (χ0v) is 18.1. The number of hydrogen-bond donors (Lipinski definition) is 1. The van der Waals surface area contributed by atoms with Crippen LogP contribution in [0, 0.1) is 13.8 Å². The predicted octanol–water partition coefficient (Wildman–Crippen LogP) is 3.97. The Morgan fingerprint density at radius 2 is 1.90 bits per heavy atom. The summed E-state index contributed by atoms with van der Waals surface area (Å²) in [5.41, 5.74) is 5.53. The summed E-state index contributed by atoms with van der Waals surface area (Å²) in [6, 6.07) is 11.5. The zero-order chi connectivity index (χ0) is 22.0. The zero-order valence-electron chi connectivity index (χ0n) is 18.1. The lowest BCUT2D eigenvalue weighted by molar-refractivity contribution is -0.0806. The highest BCUT2D eigenvalue weighted by Gasteiger charge is 2.42. The molecule has 1 N–H and O–H groups in total. The average molecular weight is 425 g/mol. The summed E-state index contributed by atoms with van der Waals surface area (Å²) >= 11 is 0. The van der Waals surface area contributed by atoms with Crippen molar-refractivity contribution in [3.05, 3.63) is 65.1 Å². The van der Waals surface area contributed by atoms with Crippen LogP contribution in [0.4, 0.5) is 10.5 Å². The number of carbonyl (C=O) groups excluding carboxylic acids is 1. The van der Waals surface area contributed by atoms with E-state index >= 15 is 0 Å². The van der Waals surface area contributed by atoms with E-state index in [2.05, 4.69) is 9.72 Å². The SMILES string of the molecule is COCCO[C@@H]1c2ccn3c(C)c(C)nc3c2N[C@H](c2ccccc2)[C@H]1OC(=O)OC. The molecule has 0 bridgehead atoms. The number of pyridine rings is 1. The van der Waals surface area contributed by atoms with Crippen LogP contribution in [0.3, 0.4) is 0 Å². The van der Waals surface area contributed by atoms with Gasteiger partial charge >= 0.3 is 6.16 Å². The second kappa shape index (κ2) is 8.95. The maximum Gasteiger partial charge on any atom is 0.508 e. The monoisotopic (exact) mass is 425 g/mol. The number of rotatable bonds is 6. The van der Waals surface area contributed by atoms with E-state index in [0.29, 0.717) is 13.2 Å². The number of nitrogens with one attached hydrogen (secondary N) is 1. The van der Waals surface area contributed by atoms with E-state index in [1.807, 2.05) is 56.4 Å². The first-order valence-electron chi connectivity index (χ1n) is 10.2. The molecule has 8 heteroatoms. The van der Waals surface area contributed by atoms with E-state index in [9.17, 15) is 4.79 Å². The molecule has 0 fully saturated rings. The summed E-state index contributed by atoms with van der Waals surface area (Å²) in [7, 11) is 2.92. The number of benzene rings is 1. The molecule has 0 saturated heterocycles. The molecule has 4 rings (SSSR count). The molecule has 3 atom stereocenters. The van der Waals surface area contributed by atoms with Gasteiger partial charge in [0, 0.05) is 24.6 Å². The first kappa shape index (κ1) is 21.1. The highest BCUT2D eigenvalue weighted by Crippen LogP contribution is 2.44. The summed E-state index contributed by atoms with van der Waals surface area (Å²) in [4.78, 5) is 16.9. The molecule has 0 unspecified atom stereocenters. The highest BCUT2D eigenvalue weighted by molar-refractivity contribution is 5.75. The molecule has 3 aromatic rings.